The van der Waals surface area contributed by atoms with E-state index in [-0.39, 0.29) is 22.3 Å². The van der Waals surface area contributed by atoms with E-state index in [0.717, 1.165) is 5.56 Å². The van der Waals surface area contributed by atoms with Gasteiger partial charge < -0.3 is 19.5 Å². The van der Waals surface area contributed by atoms with E-state index in [2.05, 4.69) is 5.32 Å². The summed E-state index contributed by atoms with van der Waals surface area (Å²) in [6.07, 6.45) is 0. The fourth-order valence-corrected chi connectivity index (χ4v) is 4.85. The van der Waals surface area contributed by atoms with Crippen LogP contribution >= 0.6 is 0 Å². The molecule has 0 heterocycles. The number of rotatable bonds is 10. The molecule has 0 aliphatic heterocycles. The van der Waals surface area contributed by atoms with Crippen LogP contribution in [0.2, 0.25) is 0 Å². The second-order valence-corrected chi connectivity index (χ2v) is 8.67. The lowest BCUT2D eigenvalue weighted by molar-refractivity contribution is 0.0939. The third kappa shape index (κ3) is 5.29. The van der Waals surface area contributed by atoms with E-state index in [4.69, 9.17) is 14.2 Å². The minimum Gasteiger partial charge on any atom is -0.495 e. The zero-order chi connectivity index (χ0) is 23.2. The van der Waals surface area contributed by atoms with Crippen molar-refractivity contribution in [2.75, 3.05) is 34.4 Å². The summed E-state index contributed by atoms with van der Waals surface area (Å²) in [5.41, 5.74) is 1.04. The van der Waals surface area contributed by atoms with Gasteiger partial charge in [0.05, 0.1) is 27.4 Å². The number of nitrogens with zero attached hydrogens (tertiary/aromatic N) is 1. The number of nitrogens with one attached hydrogen (secondary N) is 1. The fraction of sp³-hybridized carbons (Fsp3) is 0.409. The first-order chi connectivity index (χ1) is 14.7. The fourth-order valence-electron chi connectivity index (χ4n) is 3.21. The summed E-state index contributed by atoms with van der Waals surface area (Å²) < 4.78 is 43.1. The Morgan fingerprint density at radius 3 is 2.06 bits per heavy atom. The SMILES string of the molecule is CCN(CC)S(=O)(=O)c1cc(C(=O)N[C@@H](C)c2ccc(OC)c(OC)c2)ccc1OC. The third-order valence-electron chi connectivity index (χ3n) is 5.00. The van der Waals surface area contributed by atoms with Crippen LogP contribution in [0, 0.1) is 0 Å². The topological polar surface area (TPSA) is 94.2 Å². The highest BCUT2D eigenvalue weighted by atomic mass is 32.2. The molecule has 0 radical (unpaired) electrons. The van der Waals surface area contributed by atoms with Crippen LogP contribution in [-0.2, 0) is 10.0 Å². The van der Waals surface area contributed by atoms with Gasteiger partial charge in [0.1, 0.15) is 10.6 Å². The van der Waals surface area contributed by atoms with Gasteiger partial charge in [-0.15, -0.1) is 0 Å². The number of sulfonamides is 1. The quantitative estimate of drug-likeness (QED) is 0.597. The Hall–Kier alpha value is -2.78. The summed E-state index contributed by atoms with van der Waals surface area (Å²) in [5, 5.41) is 2.89. The van der Waals surface area contributed by atoms with Crippen LogP contribution in [0.5, 0.6) is 17.2 Å². The van der Waals surface area contributed by atoms with Crippen LogP contribution in [0.25, 0.3) is 0 Å². The summed E-state index contributed by atoms with van der Waals surface area (Å²) in [7, 11) is 0.692. The molecular formula is C22H30N2O6S. The van der Waals surface area contributed by atoms with Gasteiger partial charge in [-0.25, -0.2) is 8.42 Å². The number of carbonyl (C=O) groups is 1. The maximum absolute atomic E-state index is 13.0. The zero-order valence-electron chi connectivity index (χ0n) is 18.8. The summed E-state index contributed by atoms with van der Waals surface area (Å²) in [4.78, 5) is 12.8. The largest absolute Gasteiger partial charge is 0.495 e. The Kier molecular flexibility index (Phi) is 8.29. The molecule has 0 aliphatic rings. The highest BCUT2D eigenvalue weighted by Crippen LogP contribution is 2.31. The van der Waals surface area contributed by atoms with Gasteiger partial charge in [0.2, 0.25) is 10.0 Å². The molecule has 2 aromatic rings. The van der Waals surface area contributed by atoms with Gasteiger partial charge in [0.15, 0.2) is 11.5 Å². The van der Waals surface area contributed by atoms with Crippen molar-refractivity contribution >= 4 is 15.9 Å². The standard InChI is InChI=1S/C22H30N2O6S/c1-7-24(8-2)31(26,27)21-14-17(10-12-19(21)29-5)22(25)23-15(3)16-9-11-18(28-4)20(13-16)30-6/h9-15H,7-8H2,1-6H3,(H,23,25)/t15-/m0/s1. The molecule has 9 heteroatoms. The van der Waals surface area contributed by atoms with Gasteiger partial charge in [-0.3, -0.25) is 4.79 Å². The summed E-state index contributed by atoms with van der Waals surface area (Å²) in [5.74, 6) is 0.932. The molecule has 1 N–H and O–H groups in total. The monoisotopic (exact) mass is 450 g/mol. The predicted molar refractivity (Wildman–Crippen MR) is 119 cm³/mol. The highest BCUT2D eigenvalue weighted by molar-refractivity contribution is 7.89. The predicted octanol–water partition coefficient (Wildman–Crippen LogP) is 3.23. The normalized spacial score (nSPS) is 12.4. The Morgan fingerprint density at radius 1 is 0.935 bits per heavy atom. The molecule has 0 aromatic heterocycles. The molecule has 2 rings (SSSR count). The van der Waals surface area contributed by atoms with Crippen molar-refractivity contribution in [3.05, 3.63) is 47.5 Å². The molecule has 8 nitrogen and oxygen atoms in total. The molecule has 0 fully saturated rings. The molecule has 1 atom stereocenters. The minimum absolute atomic E-state index is 0.0369. The first-order valence-corrected chi connectivity index (χ1v) is 11.4. The van der Waals surface area contributed by atoms with Crippen LogP contribution in [0.4, 0.5) is 0 Å². The van der Waals surface area contributed by atoms with E-state index in [1.807, 2.05) is 13.0 Å². The molecule has 0 bridgehead atoms. The number of ether oxygens (including phenoxy) is 3. The van der Waals surface area contributed by atoms with Crippen molar-refractivity contribution in [3.63, 3.8) is 0 Å². The molecule has 0 saturated carbocycles. The Bertz CT molecular complexity index is 1020. The lowest BCUT2D eigenvalue weighted by Gasteiger charge is -2.21. The lowest BCUT2D eigenvalue weighted by Crippen LogP contribution is -2.31. The van der Waals surface area contributed by atoms with E-state index in [1.54, 1.807) is 40.2 Å². The van der Waals surface area contributed by atoms with Gasteiger partial charge in [-0.1, -0.05) is 19.9 Å². The molecule has 0 saturated heterocycles. The second-order valence-electron chi connectivity index (χ2n) is 6.76. The van der Waals surface area contributed by atoms with E-state index in [0.29, 0.717) is 24.6 Å². The summed E-state index contributed by atoms with van der Waals surface area (Å²) >= 11 is 0. The molecule has 0 spiro atoms. The van der Waals surface area contributed by atoms with Crippen LogP contribution in [0.1, 0.15) is 42.7 Å². The van der Waals surface area contributed by atoms with Gasteiger partial charge in [-0.2, -0.15) is 4.31 Å². The Balaban J connectivity index is 2.34. The second kappa shape index (κ2) is 10.5. The number of amides is 1. The van der Waals surface area contributed by atoms with Gasteiger partial charge in [-0.05, 0) is 42.8 Å². The van der Waals surface area contributed by atoms with E-state index in [9.17, 15) is 13.2 Å². The van der Waals surface area contributed by atoms with Crippen molar-refractivity contribution in [1.29, 1.82) is 0 Å². The maximum Gasteiger partial charge on any atom is 0.251 e. The number of carbonyl (C=O) groups excluding carboxylic acids is 1. The number of methoxy groups -OCH3 is 3. The molecule has 2 aromatic carbocycles. The van der Waals surface area contributed by atoms with Crippen molar-refractivity contribution in [2.24, 2.45) is 0 Å². The maximum atomic E-state index is 13.0. The van der Waals surface area contributed by atoms with Crippen LogP contribution in [0.15, 0.2) is 41.3 Å². The van der Waals surface area contributed by atoms with Crippen molar-refractivity contribution < 1.29 is 27.4 Å². The molecule has 170 valence electrons. The number of hydrogen-bond donors (Lipinski definition) is 1. The smallest absolute Gasteiger partial charge is 0.251 e. The molecule has 1 amide bonds. The third-order valence-corrected chi connectivity index (χ3v) is 7.08. The summed E-state index contributed by atoms with van der Waals surface area (Å²) in [6.45, 7) is 5.98. The first kappa shape index (κ1) is 24.5. The minimum atomic E-state index is -3.80. The first-order valence-electron chi connectivity index (χ1n) is 9.94. The van der Waals surface area contributed by atoms with E-state index >= 15 is 0 Å². The molecular weight excluding hydrogens is 420 g/mol. The van der Waals surface area contributed by atoms with Gasteiger partial charge in [0.25, 0.3) is 5.91 Å². The van der Waals surface area contributed by atoms with Crippen molar-refractivity contribution in [1.82, 2.24) is 9.62 Å². The zero-order valence-corrected chi connectivity index (χ0v) is 19.6. The van der Waals surface area contributed by atoms with E-state index in [1.165, 1.54) is 29.6 Å². The van der Waals surface area contributed by atoms with Gasteiger partial charge in [0, 0.05) is 18.7 Å². The molecule has 0 aliphatic carbocycles. The lowest BCUT2D eigenvalue weighted by atomic mass is 10.1. The summed E-state index contributed by atoms with van der Waals surface area (Å²) in [6, 6.07) is 9.41. The highest BCUT2D eigenvalue weighted by Gasteiger charge is 2.27. The van der Waals surface area contributed by atoms with E-state index < -0.39 is 15.9 Å². The van der Waals surface area contributed by atoms with Crippen LogP contribution in [0.3, 0.4) is 0 Å². The Morgan fingerprint density at radius 2 is 1.52 bits per heavy atom. The molecule has 31 heavy (non-hydrogen) atoms. The van der Waals surface area contributed by atoms with Crippen molar-refractivity contribution in [3.8, 4) is 17.2 Å². The molecule has 0 unspecified atom stereocenters. The van der Waals surface area contributed by atoms with Crippen LogP contribution in [-0.4, -0.2) is 53.0 Å². The van der Waals surface area contributed by atoms with Gasteiger partial charge >= 0.3 is 0 Å². The average Bonchev–Trinajstić information content (AvgIpc) is 2.78. The number of hydrogen-bond acceptors (Lipinski definition) is 6. The van der Waals surface area contributed by atoms with Crippen LogP contribution < -0.4 is 19.5 Å². The van der Waals surface area contributed by atoms with Crippen molar-refractivity contribution in [2.45, 2.75) is 31.7 Å². The number of benzene rings is 2. The Labute approximate surface area is 184 Å². The average molecular weight is 451 g/mol.